The van der Waals surface area contributed by atoms with E-state index >= 15 is 0 Å². The second-order valence-corrected chi connectivity index (χ2v) is 4.62. The van der Waals surface area contributed by atoms with Gasteiger partial charge in [-0.05, 0) is 32.0 Å². The van der Waals surface area contributed by atoms with Crippen LogP contribution in [0.2, 0.25) is 0 Å². The number of alkyl halides is 2. The maximum atomic E-state index is 12.2. The van der Waals surface area contributed by atoms with Crippen LogP contribution >= 0.6 is 0 Å². The van der Waals surface area contributed by atoms with Gasteiger partial charge in [-0.2, -0.15) is 13.9 Å². The Morgan fingerprint density at radius 3 is 2.76 bits per heavy atom. The van der Waals surface area contributed by atoms with Gasteiger partial charge in [0.1, 0.15) is 11.6 Å². The number of carbonyl (C=O) groups is 1. The second-order valence-electron chi connectivity index (χ2n) is 4.62. The highest BCUT2D eigenvalue weighted by atomic mass is 19.3. The summed E-state index contributed by atoms with van der Waals surface area (Å²) in [6, 6.07) is 7.37. The monoisotopic (exact) mass is 295 g/mol. The predicted octanol–water partition coefficient (Wildman–Crippen LogP) is 3.32. The summed E-state index contributed by atoms with van der Waals surface area (Å²) in [7, 11) is 0. The molecule has 0 fully saturated rings. The first-order valence-corrected chi connectivity index (χ1v) is 6.37. The molecule has 1 aromatic carbocycles. The highest BCUT2D eigenvalue weighted by Crippen LogP contribution is 2.18. The van der Waals surface area contributed by atoms with Gasteiger partial charge >= 0.3 is 6.61 Å². The number of carbonyl (C=O) groups excluding carboxylic acids is 1. The molecule has 0 atom stereocenters. The molecule has 1 N–H and O–H groups in total. The van der Waals surface area contributed by atoms with Crippen LogP contribution in [0.15, 0.2) is 36.5 Å². The zero-order valence-electron chi connectivity index (χ0n) is 11.6. The van der Waals surface area contributed by atoms with E-state index in [-0.39, 0.29) is 17.4 Å². The van der Waals surface area contributed by atoms with E-state index in [1.807, 2.05) is 13.8 Å². The summed E-state index contributed by atoms with van der Waals surface area (Å²) in [4.78, 5) is 12.1. The number of ether oxygens (including phenoxy) is 1. The average molecular weight is 295 g/mol. The Labute approximate surface area is 120 Å². The Hall–Kier alpha value is -2.44. The minimum atomic E-state index is -2.93. The fourth-order valence-corrected chi connectivity index (χ4v) is 1.83. The van der Waals surface area contributed by atoms with Crippen molar-refractivity contribution in [3.05, 3.63) is 42.1 Å². The van der Waals surface area contributed by atoms with Crippen LogP contribution in [0, 0.1) is 0 Å². The van der Waals surface area contributed by atoms with E-state index in [9.17, 15) is 13.6 Å². The fourth-order valence-electron chi connectivity index (χ4n) is 1.83. The molecule has 1 heterocycles. The molecule has 0 bridgehead atoms. The van der Waals surface area contributed by atoms with Crippen LogP contribution < -0.4 is 10.1 Å². The van der Waals surface area contributed by atoms with Crippen LogP contribution in [-0.2, 0) is 0 Å². The van der Waals surface area contributed by atoms with Crippen molar-refractivity contribution >= 4 is 11.7 Å². The lowest BCUT2D eigenvalue weighted by Crippen LogP contribution is -2.16. The van der Waals surface area contributed by atoms with Crippen LogP contribution in [0.25, 0.3) is 0 Å². The molecule has 0 saturated heterocycles. The number of halogens is 2. The Kier molecular flexibility index (Phi) is 4.52. The molecule has 112 valence electrons. The molecule has 2 aromatic rings. The van der Waals surface area contributed by atoms with Crippen molar-refractivity contribution in [2.45, 2.75) is 26.5 Å². The van der Waals surface area contributed by atoms with Crippen LogP contribution in [0.3, 0.4) is 0 Å². The molecule has 1 aromatic heterocycles. The maximum absolute atomic E-state index is 12.2. The Morgan fingerprint density at radius 1 is 1.33 bits per heavy atom. The number of benzene rings is 1. The van der Waals surface area contributed by atoms with E-state index in [1.54, 1.807) is 16.9 Å². The van der Waals surface area contributed by atoms with Gasteiger partial charge in [0.2, 0.25) is 0 Å². The standard InChI is InChI=1S/C14H15F2N3O2/c1-9(2)19-12(6-7-17-19)18-13(20)10-4-3-5-11(8-10)21-14(15)16/h3-9,14H,1-2H3,(H,18,20). The molecule has 7 heteroatoms. The number of amides is 1. The predicted molar refractivity (Wildman–Crippen MR) is 73.6 cm³/mol. The highest BCUT2D eigenvalue weighted by Gasteiger charge is 2.13. The summed E-state index contributed by atoms with van der Waals surface area (Å²) in [6.45, 7) is 0.935. The summed E-state index contributed by atoms with van der Waals surface area (Å²) in [5.41, 5.74) is 0.227. The van der Waals surface area contributed by atoms with Crippen LogP contribution in [0.5, 0.6) is 5.75 Å². The molecule has 2 rings (SSSR count). The van der Waals surface area contributed by atoms with Gasteiger partial charge in [0.25, 0.3) is 5.91 Å². The smallest absolute Gasteiger partial charge is 0.387 e. The van der Waals surface area contributed by atoms with Crippen molar-refractivity contribution in [1.29, 1.82) is 0 Å². The third-order valence-electron chi connectivity index (χ3n) is 2.72. The molecule has 1 amide bonds. The third kappa shape index (κ3) is 3.77. The molecule has 0 radical (unpaired) electrons. The lowest BCUT2D eigenvalue weighted by molar-refractivity contribution is -0.0498. The van der Waals surface area contributed by atoms with Crippen molar-refractivity contribution in [2.24, 2.45) is 0 Å². The lowest BCUT2D eigenvalue weighted by Gasteiger charge is -2.12. The SMILES string of the molecule is CC(C)n1nccc1NC(=O)c1cccc(OC(F)F)c1. The molecular formula is C14H15F2N3O2. The van der Waals surface area contributed by atoms with Crippen molar-refractivity contribution in [3.8, 4) is 5.75 Å². The van der Waals surface area contributed by atoms with Gasteiger partial charge in [-0.3, -0.25) is 4.79 Å². The van der Waals surface area contributed by atoms with E-state index in [0.717, 1.165) is 0 Å². The summed E-state index contributed by atoms with van der Waals surface area (Å²) < 4.78 is 30.3. The number of anilines is 1. The molecular weight excluding hydrogens is 280 g/mol. The van der Waals surface area contributed by atoms with Crippen molar-refractivity contribution in [1.82, 2.24) is 9.78 Å². The first-order chi connectivity index (χ1) is 9.97. The van der Waals surface area contributed by atoms with Crippen molar-refractivity contribution in [2.75, 3.05) is 5.32 Å². The van der Waals surface area contributed by atoms with Gasteiger partial charge < -0.3 is 10.1 Å². The Bertz CT molecular complexity index is 626. The quantitative estimate of drug-likeness (QED) is 0.920. The Morgan fingerprint density at radius 2 is 2.10 bits per heavy atom. The van der Waals surface area contributed by atoms with Crippen LogP contribution in [-0.4, -0.2) is 22.3 Å². The number of hydrogen-bond acceptors (Lipinski definition) is 3. The number of aromatic nitrogens is 2. The van der Waals surface area contributed by atoms with E-state index < -0.39 is 12.5 Å². The number of nitrogens with zero attached hydrogens (tertiary/aromatic N) is 2. The second kappa shape index (κ2) is 6.34. The molecule has 0 unspecified atom stereocenters. The zero-order chi connectivity index (χ0) is 15.4. The molecule has 0 aliphatic heterocycles. The van der Waals surface area contributed by atoms with E-state index in [2.05, 4.69) is 15.2 Å². The first kappa shape index (κ1) is 15.0. The number of rotatable bonds is 5. The largest absolute Gasteiger partial charge is 0.435 e. The number of hydrogen-bond donors (Lipinski definition) is 1. The van der Waals surface area contributed by atoms with Gasteiger partial charge in [0, 0.05) is 17.7 Å². The molecule has 5 nitrogen and oxygen atoms in total. The normalized spacial score (nSPS) is 11.0. The van der Waals surface area contributed by atoms with Gasteiger partial charge in [-0.25, -0.2) is 4.68 Å². The first-order valence-electron chi connectivity index (χ1n) is 6.37. The Balaban J connectivity index is 2.15. The van der Waals surface area contributed by atoms with Crippen LogP contribution in [0.4, 0.5) is 14.6 Å². The highest BCUT2D eigenvalue weighted by molar-refractivity contribution is 6.04. The van der Waals surface area contributed by atoms with E-state index in [1.165, 1.54) is 24.3 Å². The molecule has 0 spiro atoms. The molecule has 0 saturated carbocycles. The third-order valence-corrected chi connectivity index (χ3v) is 2.72. The average Bonchev–Trinajstić information content (AvgIpc) is 2.86. The van der Waals surface area contributed by atoms with E-state index in [4.69, 9.17) is 0 Å². The van der Waals surface area contributed by atoms with Crippen molar-refractivity contribution in [3.63, 3.8) is 0 Å². The van der Waals surface area contributed by atoms with Gasteiger partial charge in [-0.1, -0.05) is 6.07 Å². The van der Waals surface area contributed by atoms with Gasteiger partial charge in [0.05, 0.1) is 6.20 Å². The van der Waals surface area contributed by atoms with E-state index in [0.29, 0.717) is 5.82 Å². The maximum Gasteiger partial charge on any atom is 0.387 e. The lowest BCUT2D eigenvalue weighted by atomic mass is 10.2. The summed E-state index contributed by atoms with van der Waals surface area (Å²) in [5, 5.41) is 6.78. The van der Waals surface area contributed by atoms with Gasteiger partial charge in [0.15, 0.2) is 0 Å². The minimum Gasteiger partial charge on any atom is -0.435 e. The zero-order valence-corrected chi connectivity index (χ0v) is 11.6. The molecule has 0 aliphatic carbocycles. The van der Waals surface area contributed by atoms with Gasteiger partial charge in [-0.15, -0.1) is 0 Å². The summed E-state index contributed by atoms with van der Waals surface area (Å²) in [6.07, 6.45) is 1.58. The number of nitrogens with one attached hydrogen (secondary N) is 1. The molecule has 21 heavy (non-hydrogen) atoms. The van der Waals surface area contributed by atoms with Crippen LogP contribution in [0.1, 0.15) is 30.2 Å². The fraction of sp³-hybridized carbons (Fsp3) is 0.286. The topological polar surface area (TPSA) is 56.2 Å². The summed E-state index contributed by atoms with van der Waals surface area (Å²) >= 11 is 0. The van der Waals surface area contributed by atoms with Crippen molar-refractivity contribution < 1.29 is 18.3 Å². The molecule has 0 aliphatic rings. The minimum absolute atomic E-state index is 0.0602. The summed E-state index contributed by atoms with van der Waals surface area (Å²) in [5.74, 6) is 0.0577.